The van der Waals surface area contributed by atoms with Crippen molar-refractivity contribution in [2.24, 2.45) is 23.7 Å². The first-order valence-electron chi connectivity index (χ1n) is 7.42. The van der Waals surface area contributed by atoms with E-state index in [-0.39, 0.29) is 34.6 Å². The Morgan fingerprint density at radius 1 is 1.22 bits per heavy atom. The van der Waals surface area contributed by atoms with Crippen molar-refractivity contribution in [3.05, 3.63) is 30.1 Å². The predicted molar refractivity (Wildman–Crippen MR) is 81.0 cm³/mol. The molecule has 4 rings (SSSR count). The Hall–Kier alpha value is -1.96. The summed E-state index contributed by atoms with van der Waals surface area (Å²) in [7, 11) is 0. The van der Waals surface area contributed by atoms with Crippen LogP contribution in [0.5, 0.6) is 0 Å². The third kappa shape index (κ3) is 2.15. The Morgan fingerprint density at radius 3 is 2.70 bits per heavy atom. The monoisotopic (exact) mass is 379 g/mol. The van der Waals surface area contributed by atoms with Crippen molar-refractivity contribution in [3.8, 4) is 0 Å². The zero-order chi connectivity index (χ0) is 16.1. The van der Waals surface area contributed by atoms with E-state index in [0.717, 1.165) is 6.42 Å². The van der Waals surface area contributed by atoms with E-state index in [9.17, 15) is 14.4 Å². The maximum Gasteiger partial charge on any atom is 0.310 e. The molecule has 1 aromatic rings. The molecule has 2 bridgehead atoms. The van der Waals surface area contributed by atoms with Gasteiger partial charge < -0.3 is 4.74 Å². The number of carbonyl (C=O) groups excluding carboxylic acids is 3. The van der Waals surface area contributed by atoms with Crippen molar-refractivity contribution in [1.82, 2.24) is 15.8 Å². The lowest BCUT2D eigenvalue weighted by Gasteiger charge is -2.27. The van der Waals surface area contributed by atoms with Gasteiger partial charge in [0, 0.05) is 23.9 Å². The molecule has 3 fully saturated rings. The highest BCUT2D eigenvalue weighted by Gasteiger charge is 2.67. The second-order valence-corrected chi connectivity index (χ2v) is 7.20. The Bertz CT molecular complexity index is 683. The molecular formula is C15H14BrN3O4. The van der Waals surface area contributed by atoms with Gasteiger partial charge in [0.05, 0.1) is 16.7 Å². The molecule has 0 unspecified atom stereocenters. The zero-order valence-corrected chi connectivity index (χ0v) is 13.5. The van der Waals surface area contributed by atoms with Crippen molar-refractivity contribution >= 4 is 33.7 Å². The molecule has 1 aromatic heterocycles. The zero-order valence-electron chi connectivity index (χ0n) is 11.9. The molecule has 2 heterocycles. The molecule has 0 spiro atoms. The minimum atomic E-state index is -0.464. The van der Waals surface area contributed by atoms with E-state index in [4.69, 9.17) is 4.74 Å². The minimum Gasteiger partial charge on any atom is -0.461 e. The lowest BCUT2D eigenvalue weighted by Crippen LogP contribution is -2.49. The number of fused-ring (bicyclic) bond motifs is 1. The van der Waals surface area contributed by atoms with E-state index in [2.05, 4.69) is 31.8 Å². The van der Waals surface area contributed by atoms with Gasteiger partial charge in [-0.2, -0.15) is 0 Å². The lowest BCUT2D eigenvalue weighted by atomic mass is 9.79. The molecule has 2 amide bonds. The number of nitrogens with zero attached hydrogens (tertiary/aromatic N) is 1. The molecule has 2 aliphatic carbocycles. The number of rotatable bonds is 2. The Labute approximate surface area is 140 Å². The average molecular weight is 380 g/mol. The van der Waals surface area contributed by atoms with Crippen LogP contribution < -0.4 is 10.9 Å². The summed E-state index contributed by atoms with van der Waals surface area (Å²) < 4.78 is 5.37. The number of nitrogens with one attached hydrogen (secondary N) is 2. The quantitative estimate of drug-likeness (QED) is 0.440. The Morgan fingerprint density at radius 2 is 1.96 bits per heavy atom. The fourth-order valence-corrected chi connectivity index (χ4v) is 5.15. The molecule has 23 heavy (non-hydrogen) atoms. The highest BCUT2D eigenvalue weighted by Crippen LogP contribution is 2.59. The van der Waals surface area contributed by atoms with E-state index in [1.165, 1.54) is 12.4 Å². The van der Waals surface area contributed by atoms with Crippen molar-refractivity contribution < 1.29 is 19.1 Å². The van der Waals surface area contributed by atoms with E-state index in [0.29, 0.717) is 5.56 Å². The number of hydrogen-bond donors (Lipinski definition) is 2. The van der Waals surface area contributed by atoms with Crippen molar-refractivity contribution in [2.45, 2.75) is 17.4 Å². The van der Waals surface area contributed by atoms with Crippen molar-refractivity contribution in [3.63, 3.8) is 0 Å². The minimum absolute atomic E-state index is 0.00171. The molecule has 3 aliphatic rings. The predicted octanol–water partition coefficient (Wildman–Crippen LogP) is 0.414. The fraction of sp³-hybridized carbons (Fsp3) is 0.467. The van der Waals surface area contributed by atoms with Gasteiger partial charge in [-0.3, -0.25) is 30.2 Å². The number of amides is 2. The standard InChI is InChI=1S/C15H14BrN3O4/c16-11-7-5-8-10(15(22)23-12(8)11)9(7)14(21)19-18-13(20)6-1-3-17-4-2-6/h1-4,7-12H,5H2,(H,18,20)(H,19,21)/t7-,8-,9-,10+,11+,12+/m1/s1. The number of hydrazine groups is 1. The summed E-state index contributed by atoms with van der Waals surface area (Å²) in [6.07, 6.45) is 3.67. The van der Waals surface area contributed by atoms with Gasteiger partial charge in [0.15, 0.2) is 0 Å². The molecule has 120 valence electrons. The summed E-state index contributed by atoms with van der Waals surface area (Å²) in [6, 6.07) is 3.10. The van der Waals surface area contributed by atoms with Gasteiger partial charge in [-0.05, 0) is 24.5 Å². The van der Waals surface area contributed by atoms with E-state index < -0.39 is 17.7 Å². The SMILES string of the molecule is O=C(NNC(=O)[C@@H]1[C@H]2C[C@H]3[C@H](OC(=O)[C@@H]31)[C@H]2Br)c1ccncc1. The van der Waals surface area contributed by atoms with Crippen LogP contribution in [0.25, 0.3) is 0 Å². The molecule has 8 heteroatoms. The molecule has 1 aliphatic heterocycles. The average Bonchev–Trinajstić information content (AvgIpc) is 3.17. The molecule has 0 aromatic carbocycles. The van der Waals surface area contributed by atoms with Crippen LogP contribution in [-0.2, 0) is 14.3 Å². The number of pyridine rings is 1. The third-order valence-corrected chi connectivity index (χ3v) is 6.27. The number of aromatic nitrogens is 1. The summed E-state index contributed by atoms with van der Waals surface area (Å²) in [6.45, 7) is 0. The van der Waals surface area contributed by atoms with Gasteiger partial charge in [0.25, 0.3) is 5.91 Å². The van der Waals surface area contributed by atoms with E-state index in [1.54, 1.807) is 12.1 Å². The summed E-state index contributed by atoms with van der Waals surface area (Å²) in [5, 5.41) is 0. The maximum absolute atomic E-state index is 12.5. The van der Waals surface area contributed by atoms with E-state index >= 15 is 0 Å². The number of carbonyl (C=O) groups is 3. The summed E-state index contributed by atoms with van der Waals surface area (Å²) in [4.78, 5) is 40.3. The topological polar surface area (TPSA) is 97.4 Å². The first-order chi connectivity index (χ1) is 11.1. The van der Waals surface area contributed by atoms with Crippen molar-refractivity contribution in [1.29, 1.82) is 0 Å². The highest BCUT2D eigenvalue weighted by molar-refractivity contribution is 9.09. The molecular weight excluding hydrogens is 366 g/mol. The second-order valence-electron chi connectivity index (χ2n) is 6.14. The smallest absolute Gasteiger partial charge is 0.310 e. The van der Waals surface area contributed by atoms with Crippen LogP contribution in [0.2, 0.25) is 0 Å². The molecule has 6 atom stereocenters. The number of alkyl halides is 1. The van der Waals surface area contributed by atoms with Gasteiger partial charge in [-0.1, -0.05) is 15.9 Å². The van der Waals surface area contributed by atoms with Gasteiger partial charge in [-0.25, -0.2) is 0 Å². The lowest BCUT2D eigenvalue weighted by molar-refractivity contribution is -0.146. The largest absolute Gasteiger partial charge is 0.461 e. The molecule has 7 nitrogen and oxygen atoms in total. The normalized spacial score (nSPS) is 36.7. The van der Waals surface area contributed by atoms with Crippen LogP contribution in [-0.4, -0.2) is 33.7 Å². The molecule has 2 saturated carbocycles. The van der Waals surface area contributed by atoms with Crippen LogP contribution in [0.1, 0.15) is 16.8 Å². The van der Waals surface area contributed by atoms with Gasteiger partial charge in [0.2, 0.25) is 5.91 Å². The summed E-state index contributed by atoms with van der Waals surface area (Å²) in [5.41, 5.74) is 5.23. The van der Waals surface area contributed by atoms with E-state index in [1.807, 2.05) is 0 Å². The Kier molecular flexibility index (Phi) is 3.37. The van der Waals surface area contributed by atoms with Gasteiger partial charge in [0.1, 0.15) is 6.10 Å². The van der Waals surface area contributed by atoms with Gasteiger partial charge >= 0.3 is 5.97 Å². The van der Waals surface area contributed by atoms with Crippen LogP contribution in [0, 0.1) is 23.7 Å². The van der Waals surface area contributed by atoms with Crippen LogP contribution >= 0.6 is 15.9 Å². The number of ether oxygens (including phenoxy) is 1. The summed E-state index contributed by atoms with van der Waals surface area (Å²) >= 11 is 3.55. The fourth-order valence-electron chi connectivity index (χ4n) is 4.11. The number of hydrogen-bond acceptors (Lipinski definition) is 5. The van der Waals surface area contributed by atoms with Crippen LogP contribution in [0.4, 0.5) is 0 Å². The number of esters is 1. The molecule has 1 saturated heterocycles. The summed E-state index contributed by atoms with van der Waals surface area (Å²) in [5.74, 6) is -1.77. The molecule has 2 N–H and O–H groups in total. The van der Waals surface area contributed by atoms with Gasteiger partial charge in [-0.15, -0.1) is 0 Å². The Balaban J connectivity index is 1.44. The van der Waals surface area contributed by atoms with Crippen LogP contribution in [0.15, 0.2) is 24.5 Å². The second kappa shape index (κ2) is 5.30. The molecule has 0 radical (unpaired) electrons. The highest BCUT2D eigenvalue weighted by atomic mass is 79.9. The van der Waals surface area contributed by atoms with Crippen LogP contribution in [0.3, 0.4) is 0 Å². The third-order valence-electron chi connectivity index (χ3n) is 5.07. The maximum atomic E-state index is 12.5. The number of halogens is 1. The van der Waals surface area contributed by atoms with Crippen molar-refractivity contribution in [2.75, 3.05) is 0 Å². The first-order valence-corrected chi connectivity index (χ1v) is 8.34. The first kappa shape index (κ1) is 14.6.